The van der Waals surface area contributed by atoms with Gasteiger partial charge in [-0.1, -0.05) is 59.4 Å². The van der Waals surface area contributed by atoms with E-state index >= 15 is 0 Å². The average molecular weight is 847 g/mol. The Labute approximate surface area is 371 Å². The first-order chi connectivity index (χ1) is 26.8. The van der Waals surface area contributed by atoms with Crippen molar-refractivity contribution in [2.45, 2.75) is 66.6 Å². The van der Waals surface area contributed by atoms with E-state index in [0.717, 1.165) is 29.5 Å². The van der Waals surface area contributed by atoms with Gasteiger partial charge in [0, 0.05) is 11.1 Å². The first-order valence-corrected chi connectivity index (χ1v) is 17.6. The number of methoxy groups -OCH3 is 4. The Morgan fingerprint density at radius 1 is 0.667 bits per heavy atom. The normalized spacial score (nSPS) is 9.97. The van der Waals surface area contributed by atoms with E-state index in [1.165, 1.54) is 39.5 Å². The molecule has 0 saturated heterocycles. The van der Waals surface area contributed by atoms with Gasteiger partial charge in [0.2, 0.25) is 5.95 Å². The Bertz CT molecular complexity index is 2080. The van der Waals surface area contributed by atoms with Crippen molar-refractivity contribution in [3.05, 3.63) is 109 Å². The summed E-state index contributed by atoms with van der Waals surface area (Å²) in [6.45, 7) is 10.7. The molecule has 0 unspecified atom stereocenters. The number of anilines is 2. The summed E-state index contributed by atoms with van der Waals surface area (Å²) in [5.74, 6) is 1.80. The predicted molar refractivity (Wildman–Crippen MR) is 238 cm³/mol. The van der Waals surface area contributed by atoms with Crippen molar-refractivity contribution >= 4 is 40.6 Å². The van der Waals surface area contributed by atoms with Crippen molar-refractivity contribution < 1.29 is 55.4 Å². The minimum absolute atomic E-state index is 0. The van der Waals surface area contributed by atoms with Crippen LogP contribution in [0.4, 0.5) is 11.8 Å². The van der Waals surface area contributed by atoms with Crippen molar-refractivity contribution in [3.63, 3.8) is 0 Å². The number of nitrogens with two attached hydrogens (primary N) is 2. The van der Waals surface area contributed by atoms with Crippen LogP contribution in [0.25, 0.3) is 0 Å². The Morgan fingerprint density at radius 2 is 1.08 bits per heavy atom. The van der Waals surface area contributed by atoms with Crippen molar-refractivity contribution in [1.82, 2.24) is 9.97 Å². The van der Waals surface area contributed by atoms with E-state index in [0.29, 0.717) is 23.0 Å². The molecule has 15 nitrogen and oxygen atoms in total. The number of nitrogen functional groups attached to an aromatic ring is 2. The summed E-state index contributed by atoms with van der Waals surface area (Å²) in [6.07, 6.45) is 1.46. The number of carbonyl (C=O) groups excluding carboxylic acids is 1. The molecule has 0 bridgehead atoms. The predicted octanol–water partition coefficient (Wildman–Crippen LogP) is 8.07. The molecule has 1 heterocycles. The molecule has 16 heteroatoms. The number of aromatic nitrogens is 2. The maximum atomic E-state index is 11.0. The topological polar surface area (TPSA) is 242 Å². The number of rotatable bonds is 10. The molecular weight excluding hydrogens is 785 g/mol. The van der Waals surface area contributed by atoms with Crippen LogP contribution in [0.3, 0.4) is 0 Å². The van der Waals surface area contributed by atoms with Crippen molar-refractivity contribution in [1.29, 1.82) is 0 Å². The van der Waals surface area contributed by atoms with E-state index < -0.39 is 5.79 Å². The Balaban J connectivity index is -0.000000738. The number of aromatic hydroxyl groups is 3. The van der Waals surface area contributed by atoms with Gasteiger partial charge >= 0.3 is 23.1 Å². The third-order valence-electron chi connectivity index (χ3n) is 7.96. The molecular formula is C44H62MgN4O11. The molecule has 326 valence electrons. The fourth-order valence-electron chi connectivity index (χ4n) is 5.46. The molecule has 0 fully saturated rings. The van der Waals surface area contributed by atoms with Crippen molar-refractivity contribution in [3.8, 4) is 51.7 Å². The molecule has 4 aromatic carbocycles. The fraction of sp³-hybridized carbons (Fsp3) is 0.318. The van der Waals surface area contributed by atoms with Crippen molar-refractivity contribution in [2.75, 3.05) is 39.9 Å². The molecule has 60 heavy (non-hydrogen) atoms. The van der Waals surface area contributed by atoms with Crippen LogP contribution < -0.4 is 35.2 Å². The van der Waals surface area contributed by atoms with Gasteiger partial charge in [0.25, 0.3) is 0 Å². The zero-order chi connectivity index (χ0) is 43.0. The summed E-state index contributed by atoms with van der Waals surface area (Å²) in [4.78, 5) is 18.8. The number of aliphatic hydroxyl groups is 2. The molecule has 0 aliphatic heterocycles. The summed E-state index contributed by atoms with van der Waals surface area (Å²) in [5.41, 5.74) is 13.3. The third kappa shape index (κ3) is 15.8. The molecule has 0 atom stereocenters. The van der Waals surface area contributed by atoms with Gasteiger partial charge in [0.05, 0.1) is 40.2 Å². The number of carbonyl (C=O) groups is 1. The first kappa shape index (κ1) is 56.4. The van der Waals surface area contributed by atoms with Gasteiger partial charge in [0.15, 0.2) is 23.1 Å². The Hall–Kier alpha value is -5.68. The monoisotopic (exact) mass is 846 g/mol. The van der Waals surface area contributed by atoms with Crippen LogP contribution in [0.15, 0.2) is 79.0 Å². The van der Waals surface area contributed by atoms with Crippen LogP contribution >= 0.6 is 0 Å². The van der Waals surface area contributed by atoms with Gasteiger partial charge in [-0.2, -0.15) is 4.98 Å². The molecule has 1 aromatic heterocycles. The van der Waals surface area contributed by atoms with Gasteiger partial charge in [-0.25, -0.2) is 4.98 Å². The zero-order valence-corrected chi connectivity index (χ0v) is 37.0. The van der Waals surface area contributed by atoms with Crippen LogP contribution in [-0.2, 0) is 5.79 Å². The number of ether oxygens (including phenoxy) is 5. The van der Waals surface area contributed by atoms with Crippen LogP contribution in [0.5, 0.6) is 51.7 Å². The van der Waals surface area contributed by atoms with Gasteiger partial charge in [-0.3, -0.25) is 4.79 Å². The fourth-order valence-corrected chi connectivity index (χ4v) is 5.46. The maximum Gasteiger partial charge on any atom is 2.00 e. The average Bonchev–Trinajstić information content (AvgIpc) is 3.15. The molecule has 0 radical (unpaired) electrons. The second-order valence-corrected chi connectivity index (χ2v) is 12.9. The summed E-state index contributed by atoms with van der Waals surface area (Å²) in [7, 11) is 6.09. The SMILES string of the molecule is C.COc1cccc(O)c1C(C)(O)O.COc1cccc(O)c1C(C)=O.COc1cccc(O)c1C(C)C.COc1cccc(Oc2cnc(N)nc2N)c1C(C)C.[CH3-].[H-].[Mg+2]. The van der Waals surface area contributed by atoms with Gasteiger partial charge < -0.3 is 69.5 Å². The van der Waals surface area contributed by atoms with E-state index in [-0.39, 0.29) is 97.1 Å². The smallest absolute Gasteiger partial charge is 1.00 e. The maximum absolute atomic E-state index is 11.0. The molecule has 9 N–H and O–H groups in total. The van der Waals surface area contributed by atoms with E-state index in [1.807, 2.05) is 38.1 Å². The number of hydrogen-bond donors (Lipinski definition) is 7. The van der Waals surface area contributed by atoms with Crippen LogP contribution in [0, 0.1) is 7.43 Å². The van der Waals surface area contributed by atoms with Crippen LogP contribution in [-0.4, -0.2) is 92.8 Å². The second kappa shape index (κ2) is 26.4. The number of nitrogens with zero attached hydrogens (tertiary/aromatic N) is 2. The number of phenolic OH excluding ortho intramolecular Hbond substituents is 3. The summed E-state index contributed by atoms with van der Waals surface area (Å²) < 4.78 is 26.1. The molecule has 5 rings (SSSR count). The second-order valence-electron chi connectivity index (χ2n) is 12.9. The molecule has 0 aliphatic rings. The van der Waals surface area contributed by atoms with Crippen molar-refractivity contribution in [2.24, 2.45) is 0 Å². The van der Waals surface area contributed by atoms with E-state index in [1.54, 1.807) is 50.6 Å². The Kier molecular flexibility index (Phi) is 24.8. The molecule has 0 aliphatic carbocycles. The van der Waals surface area contributed by atoms with Crippen LogP contribution in [0.2, 0.25) is 0 Å². The van der Waals surface area contributed by atoms with Gasteiger partial charge in [-0.15, -0.1) is 0 Å². The van der Waals surface area contributed by atoms with E-state index in [4.69, 9.17) is 35.2 Å². The zero-order valence-electron chi connectivity index (χ0n) is 36.6. The molecule has 0 amide bonds. The van der Waals surface area contributed by atoms with E-state index in [9.17, 15) is 30.3 Å². The summed E-state index contributed by atoms with van der Waals surface area (Å²) in [5, 5.41) is 46.8. The first-order valence-electron chi connectivity index (χ1n) is 17.6. The standard InChI is InChI=1S/C14H18N4O2.C10H14O2.C9H12O4.C9H10O3.CH4.CH3.Mg.H/c1-8(2)12-9(19-3)5-4-6-10(12)20-11-7-17-14(16)18-13(11)15;1-7(2)10-8(11)5-4-6-9(10)12-3;1-9(11,12)8-6(10)4-3-5-7(8)13-2;1-6(10)9-7(11)4-3-5-8(9)12-2;;;;/h4-8H,1-3H3,(H4,15,16,17,18);4-7,11H,1-3H3;3-5,10-12H,1-2H3;3-5,11H,1-2H3;1H4;1H3;;/q;;;;;-1;+2;-1. The quantitative estimate of drug-likeness (QED) is 0.0304. The molecule has 0 spiro atoms. The third-order valence-corrected chi connectivity index (χ3v) is 7.96. The minimum Gasteiger partial charge on any atom is -1.00 e. The van der Waals surface area contributed by atoms with E-state index in [2.05, 4.69) is 23.8 Å². The number of hydrogen-bond acceptors (Lipinski definition) is 15. The molecule has 5 aromatic rings. The van der Waals surface area contributed by atoms with Gasteiger partial charge in [-0.05, 0) is 74.2 Å². The number of Topliss-reactive ketones (excluding diaryl/α,β-unsaturated/α-hetero) is 1. The molecule has 0 saturated carbocycles. The number of ketones is 1. The minimum atomic E-state index is -2.10. The summed E-state index contributed by atoms with van der Waals surface area (Å²) in [6, 6.07) is 20.1. The van der Waals surface area contributed by atoms with Crippen LogP contribution in [0.1, 0.15) is 89.3 Å². The summed E-state index contributed by atoms with van der Waals surface area (Å²) >= 11 is 0. The number of benzene rings is 4. The largest absolute Gasteiger partial charge is 2.00 e. The Morgan fingerprint density at radius 3 is 1.48 bits per heavy atom. The van der Waals surface area contributed by atoms with Gasteiger partial charge in [0.1, 0.15) is 51.6 Å². The number of phenols is 3.